The first-order valence-electron chi connectivity index (χ1n) is 12.4. The number of hydrogen-bond donors (Lipinski definition) is 1. The van der Waals surface area contributed by atoms with Crippen molar-refractivity contribution >= 4 is 10.8 Å². The summed E-state index contributed by atoms with van der Waals surface area (Å²) < 4.78 is 17.4. The van der Waals surface area contributed by atoms with Gasteiger partial charge in [0.1, 0.15) is 12.4 Å². The minimum Gasteiger partial charge on any atom is -0.491 e. The van der Waals surface area contributed by atoms with E-state index in [1.54, 1.807) is 7.11 Å². The number of piperidine rings is 1. The van der Waals surface area contributed by atoms with Gasteiger partial charge in [0.15, 0.2) is 0 Å². The van der Waals surface area contributed by atoms with E-state index in [4.69, 9.17) is 14.2 Å². The molecule has 1 saturated heterocycles. The molecule has 4 nitrogen and oxygen atoms in total. The van der Waals surface area contributed by atoms with Crippen LogP contribution in [0.1, 0.15) is 23.5 Å². The Morgan fingerprint density at radius 1 is 0.800 bits per heavy atom. The molecule has 1 heterocycles. The first-order chi connectivity index (χ1) is 17.3. The summed E-state index contributed by atoms with van der Waals surface area (Å²) in [7, 11) is 1.69. The Kier molecular flexibility index (Phi) is 7.74. The minimum atomic E-state index is 0.134. The second kappa shape index (κ2) is 11.5. The predicted octanol–water partition coefficient (Wildman–Crippen LogP) is 6.19. The fraction of sp³-hybridized carbons (Fsp3) is 0.290. The summed E-state index contributed by atoms with van der Waals surface area (Å²) in [6, 6.07) is 32.2. The van der Waals surface area contributed by atoms with Crippen LogP contribution >= 0.6 is 0 Å². The molecule has 0 bridgehead atoms. The number of ether oxygens (including phenoxy) is 3. The molecule has 5 rings (SSSR count). The highest BCUT2D eigenvalue weighted by molar-refractivity contribution is 5.82. The quantitative estimate of drug-likeness (QED) is 0.298. The van der Waals surface area contributed by atoms with Crippen molar-refractivity contribution in [1.29, 1.82) is 0 Å². The van der Waals surface area contributed by atoms with Gasteiger partial charge in [0.05, 0.1) is 19.3 Å². The van der Waals surface area contributed by atoms with E-state index in [0.717, 1.165) is 30.8 Å². The lowest BCUT2D eigenvalue weighted by molar-refractivity contribution is 0.0107. The Hall–Kier alpha value is -3.18. The van der Waals surface area contributed by atoms with E-state index in [1.165, 1.54) is 27.5 Å². The van der Waals surface area contributed by atoms with Gasteiger partial charge in [-0.2, -0.15) is 0 Å². The van der Waals surface area contributed by atoms with Gasteiger partial charge in [-0.25, -0.2) is 0 Å². The van der Waals surface area contributed by atoms with Gasteiger partial charge in [0, 0.05) is 19.6 Å². The summed E-state index contributed by atoms with van der Waals surface area (Å²) >= 11 is 0. The molecule has 0 aromatic heterocycles. The first kappa shape index (κ1) is 23.6. The lowest BCUT2D eigenvalue weighted by Gasteiger charge is -2.33. The monoisotopic (exact) mass is 467 g/mol. The van der Waals surface area contributed by atoms with Crippen LogP contribution in [0.15, 0.2) is 91.0 Å². The average molecular weight is 468 g/mol. The molecule has 0 saturated carbocycles. The van der Waals surface area contributed by atoms with Crippen molar-refractivity contribution in [2.75, 3.05) is 33.4 Å². The van der Waals surface area contributed by atoms with Crippen molar-refractivity contribution in [3.63, 3.8) is 0 Å². The fourth-order valence-electron chi connectivity index (χ4n) is 4.88. The van der Waals surface area contributed by atoms with Gasteiger partial charge in [-0.05, 0) is 64.2 Å². The molecule has 4 aromatic carbocycles. The first-order valence-corrected chi connectivity index (χ1v) is 12.4. The third-order valence-corrected chi connectivity index (χ3v) is 6.74. The van der Waals surface area contributed by atoms with Crippen LogP contribution in [0, 0.1) is 0 Å². The van der Waals surface area contributed by atoms with E-state index in [-0.39, 0.29) is 6.10 Å². The summed E-state index contributed by atoms with van der Waals surface area (Å²) in [4.78, 5) is 0. The van der Waals surface area contributed by atoms with Crippen molar-refractivity contribution in [3.8, 4) is 16.9 Å². The van der Waals surface area contributed by atoms with Gasteiger partial charge in [-0.15, -0.1) is 0 Å². The Morgan fingerprint density at radius 2 is 1.63 bits per heavy atom. The summed E-state index contributed by atoms with van der Waals surface area (Å²) in [6.07, 6.45) is 1.20. The highest BCUT2D eigenvalue weighted by Gasteiger charge is 2.27. The summed E-state index contributed by atoms with van der Waals surface area (Å²) in [6.45, 7) is 3.62. The van der Waals surface area contributed by atoms with Crippen LogP contribution in [0.5, 0.6) is 5.75 Å². The molecular weight excluding hydrogens is 434 g/mol. The van der Waals surface area contributed by atoms with Crippen LogP contribution < -0.4 is 10.1 Å². The van der Waals surface area contributed by atoms with Gasteiger partial charge < -0.3 is 19.5 Å². The van der Waals surface area contributed by atoms with Gasteiger partial charge in [-0.3, -0.25) is 0 Å². The molecule has 2 atom stereocenters. The normalized spacial score (nSPS) is 18.0. The van der Waals surface area contributed by atoms with E-state index in [0.29, 0.717) is 25.7 Å². The second-order valence-electron chi connectivity index (χ2n) is 9.12. The van der Waals surface area contributed by atoms with Crippen LogP contribution in [0.25, 0.3) is 21.9 Å². The largest absolute Gasteiger partial charge is 0.491 e. The lowest BCUT2D eigenvalue weighted by Crippen LogP contribution is -2.41. The number of benzene rings is 4. The molecule has 1 fully saturated rings. The van der Waals surface area contributed by atoms with E-state index in [9.17, 15) is 0 Å². The molecule has 180 valence electrons. The molecule has 0 spiro atoms. The molecule has 1 aliphatic heterocycles. The standard InChI is InChI=1S/C31H33NO3/c1-33-16-17-34-29-11-5-9-27(20-29)26-8-4-10-28(19-26)30-14-15-32-21-31(30)35-22-23-12-13-24-6-2-3-7-25(24)18-23/h2-13,18-20,30-32H,14-17,21-22H2,1H3/t30-,31+/m1/s1. The SMILES string of the molecule is COCCOc1cccc(-c2cccc([C@H]3CCNC[C@@H]3OCc3ccc4ccccc4c3)c2)c1. The number of rotatable bonds is 9. The summed E-state index contributed by atoms with van der Waals surface area (Å²) in [5, 5.41) is 6.05. The third-order valence-electron chi connectivity index (χ3n) is 6.74. The van der Waals surface area contributed by atoms with Crippen molar-refractivity contribution in [2.24, 2.45) is 0 Å². The number of nitrogens with one attached hydrogen (secondary N) is 1. The lowest BCUT2D eigenvalue weighted by atomic mass is 9.86. The maximum absolute atomic E-state index is 6.51. The van der Waals surface area contributed by atoms with Crippen molar-refractivity contribution in [2.45, 2.75) is 25.0 Å². The van der Waals surface area contributed by atoms with E-state index < -0.39 is 0 Å². The Balaban J connectivity index is 1.31. The van der Waals surface area contributed by atoms with E-state index in [1.807, 2.05) is 12.1 Å². The average Bonchev–Trinajstić information content (AvgIpc) is 2.92. The predicted molar refractivity (Wildman–Crippen MR) is 142 cm³/mol. The molecule has 0 unspecified atom stereocenters. The van der Waals surface area contributed by atoms with Gasteiger partial charge in [0.25, 0.3) is 0 Å². The number of hydrogen-bond acceptors (Lipinski definition) is 4. The maximum Gasteiger partial charge on any atom is 0.120 e. The summed E-state index contributed by atoms with van der Waals surface area (Å²) in [5.74, 6) is 1.22. The highest BCUT2D eigenvalue weighted by atomic mass is 16.5. The Labute approximate surface area is 207 Å². The van der Waals surface area contributed by atoms with Crippen LogP contribution in [0.2, 0.25) is 0 Å². The van der Waals surface area contributed by atoms with E-state index >= 15 is 0 Å². The van der Waals surface area contributed by atoms with Crippen molar-refractivity contribution in [1.82, 2.24) is 5.32 Å². The molecule has 4 heteroatoms. The molecule has 4 aromatic rings. The number of methoxy groups -OCH3 is 1. The maximum atomic E-state index is 6.51. The third kappa shape index (κ3) is 5.91. The van der Waals surface area contributed by atoms with Gasteiger partial charge in [0.2, 0.25) is 0 Å². The zero-order valence-electron chi connectivity index (χ0n) is 20.3. The zero-order valence-corrected chi connectivity index (χ0v) is 20.3. The minimum absolute atomic E-state index is 0.134. The molecular formula is C31H33NO3. The number of fused-ring (bicyclic) bond motifs is 1. The van der Waals surface area contributed by atoms with Gasteiger partial charge >= 0.3 is 0 Å². The molecule has 0 amide bonds. The van der Waals surface area contributed by atoms with E-state index in [2.05, 4.69) is 84.2 Å². The Morgan fingerprint density at radius 3 is 2.51 bits per heavy atom. The molecule has 35 heavy (non-hydrogen) atoms. The topological polar surface area (TPSA) is 39.7 Å². The molecule has 1 N–H and O–H groups in total. The fourth-order valence-corrected chi connectivity index (χ4v) is 4.88. The molecule has 1 aliphatic rings. The van der Waals surface area contributed by atoms with Crippen LogP contribution in [0.3, 0.4) is 0 Å². The Bertz CT molecular complexity index is 1250. The molecule has 0 aliphatic carbocycles. The second-order valence-corrected chi connectivity index (χ2v) is 9.12. The summed E-state index contributed by atoms with van der Waals surface area (Å²) in [5.41, 5.74) is 4.90. The van der Waals surface area contributed by atoms with Crippen molar-refractivity contribution in [3.05, 3.63) is 102 Å². The smallest absolute Gasteiger partial charge is 0.120 e. The zero-order chi connectivity index (χ0) is 23.9. The van der Waals surface area contributed by atoms with Crippen LogP contribution in [0.4, 0.5) is 0 Å². The highest BCUT2D eigenvalue weighted by Crippen LogP contribution is 2.32. The van der Waals surface area contributed by atoms with Gasteiger partial charge in [-0.1, -0.05) is 72.8 Å². The molecule has 0 radical (unpaired) electrons. The van der Waals surface area contributed by atoms with Crippen LogP contribution in [-0.2, 0) is 16.1 Å². The van der Waals surface area contributed by atoms with Crippen LogP contribution in [-0.4, -0.2) is 39.5 Å². The van der Waals surface area contributed by atoms with Crippen molar-refractivity contribution < 1.29 is 14.2 Å².